The Morgan fingerprint density at radius 1 is 1.17 bits per heavy atom. The number of piperazine rings is 1. The van der Waals surface area contributed by atoms with Gasteiger partial charge in [0.15, 0.2) is 0 Å². The summed E-state index contributed by atoms with van der Waals surface area (Å²) in [6.45, 7) is 10.0. The van der Waals surface area contributed by atoms with Gasteiger partial charge in [0.1, 0.15) is 5.82 Å². The number of aromatic nitrogens is 2. The predicted octanol–water partition coefficient (Wildman–Crippen LogP) is 1.27. The van der Waals surface area contributed by atoms with E-state index >= 15 is 0 Å². The summed E-state index contributed by atoms with van der Waals surface area (Å²) in [4.78, 5) is 13.1. The minimum absolute atomic E-state index is 0.811. The molecule has 1 saturated heterocycles. The molecule has 102 valence electrons. The Bertz CT molecular complexity index is 299. The van der Waals surface area contributed by atoms with Crippen molar-refractivity contribution < 1.29 is 4.74 Å². The molecular formula is C13H24N4O. The molecule has 0 amide bonds. The lowest BCUT2D eigenvalue weighted by Gasteiger charge is -2.34. The van der Waals surface area contributed by atoms with Gasteiger partial charge in [-0.15, -0.1) is 0 Å². The summed E-state index contributed by atoms with van der Waals surface area (Å²) in [6.07, 6.45) is 5.27. The number of ether oxygens (including phenoxy) is 1. The van der Waals surface area contributed by atoms with Gasteiger partial charge >= 0.3 is 0 Å². The van der Waals surface area contributed by atoms with E-state index in [-0.39, 0.29) is 0 Å². The lowest BCUT2D eigenvalue weighted by Crippen LogP contribution is -2.47. The number of nitrogens with zero attached hydrogens (tertiary/aromatic N) is 4. The molecule has 5 nitrogen and oxygen atoms in total. The Hall–Kier alpha value is -1.20. The minimum Gasteiger partial charge on any atom is -0.383 e. The smallest absolute Gasteiger partial charge is 0.147 e. The van der Waals surface area contributed by atoms with Gasteiger partial charge in [0, 0.05) is 52.2 Å². The van der Waals surface area contributed by atoms with Gasteiger partial charge in [0.05, 0.1) is 12.8 Å². The maximum absolute atomic E-state index is 5.08. The third kappa shape index (κ3) is 4.58. The van der Waals surface area contributed by atoms with Crippen LogP contribution in [-0.4, -0.2) is 61.3 Å². The molecule has 1 aromatic heterocycles. The van der Waals surface area contributed by atoms with Crippen LogP contribution in [0.15, 0.2) is 18.6 Å². The van der Waals surface area contributed by atoms with Gasteiger partial charge in [-0.25, -0.2) is 4.98 Å². The molecular weight excluding hydrogens is 228 g/mol. The normalized spacial score (nSPS) is 16.1. The Labute approximate surface area is 110 Å². The second-order valence-corrected chi connectivity index (χ2v) is 3.89. The quantitative estimate of drug-likeness (QED) is 0.807. The topological polar surface area (TPSA) is 41.5 Å². The fraction of sp³-hybridized carbons (Fsp3) is 0.692. The predicted molar refractivity (Wildman–Crippen MR) is 73.9 cm³/mol. The van der Waals surface area contributed by atoms with Crippen LogP contribution in [0.4, 0.5) is 5.82 Å². The zero-order chi connectivity index (χ0) is 13.2. The first kappa shape index (κ1) is 14.9. The van der Waals surface area contributed by atoms with Crippen LogP contribution in [0.5, 0.6) is 0 Å². The summed E-state index contributed by atoms with van der Waals surface area (Å²) in [5.41, 5.74) is 0. The van der Waals surface area contributed by atoms with Crippen molar-refractivity contribution >= 4 is 5.82 Å². The average molecular weight is 252 g/mol. The van der Waals surface area contributed by atoms with Crippen molar-refractivity contribution in [2.24, 2.45) is 0 Å². The maximum Gasteiger partial charge on any atom is 0.147 e. The maximum atomic E-state index is 5.08. The van der Waals surface area contributed by atoms with Crippen LogP contribution < -0.4 is 4.90 Å². The van der Waals surface area contributed by atoms with Crippen molar-refractivity contribution in [1.82, 2.24) is 14.9 Å². The van der Waals surface area contributed by atoms with Gasteiger partial charge in [0.2, 0.25) is 0 Å². The molecule has 0 bridgehead atoms. The average Bonchev–Trinajstić information content (AvgIpc) is 2.49. The van der Waals surface area contributed by atoms with Crippen LogP contribution in [0, 0.1) is 0 Å². The van der Waals surface area contributed by atoms with E-state index in [9.17, 15) is 0 Å². The van der Waals surface area contributed by atoms with Crippen molar-refractivity contribution in [3.63, 3.8) is 0 Å². The summed E-state index contributed by atoms with van der Waals surface area (Å²) in [5.74, 6) is 0.980. The molecule has 0 N–H and O–H groups in total. The third-order valence-electron chi connectivity index (χ3n) is 2.86. The van der Waals surface area contributed by atoms with Gasteiger partial charge in [-0.1, -0.05) is 13.8 Å². The van der Waals surface area contributed by atoms with Crippen molar-refractivity contribution in [1.29, 1.82) is 0 Å². The Morgan fingerprint density at radius 2 is 1.89 bits per heavy atom. The van der Waals surface area contributed by atoms with Crippen LogP contribution in [0.3, 0.4) is 0 Å². The minimum atomic E-state index is 0.811. The van der Waals surface area contributed by atoms with Crippen LogP contribution in [0.1, 0.15) is 13.8 Å². The summed E-state index contributed by atoms with van der Waals surface area (Å²) < 4.78 is 5.08. The van der Waals surface area contributed by atoms with Crippen LogP contribution in [-0.2, 0) is 4.74 Å². The number of anilines is 1. The van der Waals surface area contributed by atoms with Crippen LogP contribution in [0.25, 0.3) is 0 Å². The third-order valence-corrected chi connectivity index (χ3v) is 2.86. The molecule has 0 aliphatic carbocycles. The van der Waals surface area contributed by atoms with Crippen molar-refractivity contribution in [3.05, 3.63) is 18.6 Å². The van der Waals surface area contributed by atoms with Gasteiger partial charge in [-0.2, -0.15) is 0 Å². The van der Waals surface area contributed by atoms with Crippen LogP contribution >= 0.6 is 0 Å². The summed E-state index contributed by atoms with van der Waals surface area (Å²) >= 11 is 0. The van der Waals surface area contributed by atoms with E-state index in [1.807, 2.05) is 20.0 Å². The first-order valence-electron chi connectivity index (χ1n) is 6.62. The summed E-state index contributed by atoms with van der Waals surface area (Å²) in [7, 11) is 1.75. The van der Waals surface area contributed by atoms with E-state index in [0.717, 1.165) is 45.1 Å². The Morgan fingerprint density at radius 3 is 2.44 bits per heavy atom. The molecule has 18 heavy (non-hydrogen) atoms. The standard InChI is InChI=1S/C11H18N4O.C2H6/c1-16-9-8-14-4-6-15(7-5-14)11-10-12-2-3-13-11;1-2/h2-3,10H,4-9H2,1H3;1-2H3. The van der Waals surface area contributed by atoms with E-state index in [2.05, 4.69) is 19.8 Å². The largest absolute Gasteiger partial charge is 0.383 e. The molecule has 1 aliphatic rings. The Kier molecular flexibility index (Phi) is 7.29. The monoisotopic (exact) mass is 252 g/mol. The number of methoxy groups -OCH3 is 1. The van der Waals surface area contributed by atoms with E-state index in [1.54, 1.807) is 19.5 Å². The number of hydrogen-bond acceptors (Lipinski definition) is 5. The zero-order valence-electron chi connectivity index (χ0n) is 11.7. The van der Waals surface area contributed by atoms with Gasteiger partial charge in [-0.3, -0.25) is 9.88 Å². The van der Waals surface area contributed by atoms with E-state index in [1.165, 1.54) is 0 Å². The molecule has 0 atom stereocenters. The summed E-state index contributed by atoms with van der Waals surface area (Å²) in [6, 6.07) is 0. The van der Waals surface area contributed by atoms with E-state index < -0.39 is 0 Å². The van der Waals surface area contributed by atoms with Crippen molar-refractivity contribution in [2.45, 2.75) is 13.8 Å². The van der Waals surface area contributed by atoms with Gasteiger partial charge < -0.3 is 9.64 Å². The van der Waals surface area contributed by atoms with E-state index in [0.29, 0.717) is 0 Å². The molecule has 5 heteroatoms. The molecule has 2 rings (SSSR count). The van der Waals surface area contributed by atoms with Crippen molar-refractivity contribution in [3.8, 4) is 0 Å². The highest BCUT2D eigenvalue weighted by atomic mass is 16.5. The highest BCUT2D eigenvalue weighted by molar-refractivity contribution is 5.35. The van der Waals surface area contributed by atoms with Crippen LogP contribution in [0.2, 0.25) is 0 Å². The molecule has 0 radical (unpaired) electrons. The molecule has 1 aliphatic heterocycles. The Balaban J connectivity index is 0.000000771. The number of rotatable bonds is 4. The second-order valence-electron chi connectivity index (χ2n) is 3.89. The second kappa shape index (κ2) is 8.83. The first-order valence-corrected chi connectivity index (χ1v) is 6.62. The lowest BCUT2D eigenvalue weighted by atomic mass is 10.3. The zero-order valence-corrected chi connectivity index (χ0v) is 11.7. The molecule has 1 fully saturated rings. The molecule has 0 aromatic carbocycles. The molecule has 0 saturated carbocycles. The van der Waals surface area contributed by atoms with Crippen molar-refractivity contribution in [2.75, 3.05) is 51.3 Å². The molecule has 0 unspecified atom stereocenters. The summed E-state index contributed by atoms with van der Waals surface area (Å²) in [5, 5.41) is 0. The highest BCUT2D eigenvalue weighted by Crippen LogP contribution is 2.10. The molecule has 1 aromatic rings. The molecule has 2 heterocycles. The molecule has 0 spiro atoms. The SMILES string of the molecule is CC.COCCN1CCN(c2cnccn2)CC1. The fourth-order valence-electron chi connectivity index (χ4n) is 1.88. The number of hydrogen-bond donors (Lipinski definition) is 0. The highest BCUT2D eigenvalue weighted by Gasteiger charge is 2.17. The fourth-order valence-corrected chi connectivity index (χ4v) is 1.88. The van der Waals surface area contributed by atoms with E-state index in [4.69, 9.17) is 4.74 Å². The van der Waals surface area contributed by atoms with Gasteiger partial charge in [0.25, 0.3) is 0 Å². The first-order chi connectivity index (χ1) is 8.90. The lowest BCUT2D eigenvalue weighted by molar-refractivity contribution is 0.144. The van der Waals surface area contributed by atoms with Gasteiger partial charge in [-0.05, 0) is 0 Å².